The minimum atomic E-state index is -0.0578. The molecule has 1 fully saturated rings. The fourth-order valence-electron chi connectivity index (χ4n) is 4.68. The lowest BCUT2D eigenvalue weighted by Crippen LogP contribution is -2.12. The summed E-state index contributed by atoms with van der Waals surface area (Å²) in [6.07, 6.45) is 12.7. The molecule has 0 aromatic heterocycles. The van der Waals surface area contributed by atoms with Crippen LogP contribution < -0.4 is 0 Å². The first kappa shape index (κ1) is 22.1. The van der Waals surface area contributed by atoms with E-state index in [1.807, 2.05) is 31.2 Å². The zero-order chi connectivity index (χ0) is 22.3. The Hall–Kier alpha value is -3.11. The number of hydrogen-bond donors (Lipinski definition) is 0. The topological polar surface area (TPSA) is 0 Å². The van der Waals surface area contributed by atoms with Crippen LogP contribution in [0.5, 0.6) is 0 Å². The van der Waals surface area contributed by atoms with Crippen LogP contribution in [0.2, 0.25) is 0 Å². The smallest absolute Gasteiger partial charge is 0.134 e. The van der Waals surface area contributed by atoms with Gasteiger partial charge in [0.2, 0.25) is 0 Å². The third-order valence-electron chi connectivity index (χ3n) is 6.67. The third kappa shape index (κ3) is 5.20. The zero-order valence-corrected chi connectivity index (χ0v) is 18.9. The Morgan fingerprint density at radius 1 is 0.938 bits per heavy atom. The van der Waals surface area contributed by atoms with Gasteiger partial charge in [-0.25, -0.2) is 4.39 Å². The molecular formula is C31H31F. The lowest BCUT2D eigenvalue weighted by Gasteiger charge is -2.27. The van der Waals surface area contributed by atoms with Crippen molar-refractivity contribution in [3.05, 3.63) is 107 Å². The van der Waals surface area contributed by atoms with Gasteiger partial charge < -0.3 is 0 Å². The van der Waals surface area contributed by atoms with E-state index in [9.17, 15) is 0 Å². The van der Waals surface area contributed by atoms with Crippen LogP contribution in [0, 0.1) is 23.6 Å². The van der Waals surface area contributed by atoms with Crippen molar-refractivity contribution in [1.29, 1.82) is 0 Å². The van der Waals surface area contributed by atoms with E-state index in [0.717, 1.165) is 60.6 Å². The summed E-state index contributed by atoms with van der Waals surface area (Å²) < 4.78 is 15.3. The molecule has 1 aliphatic rings. The maximum atomic E-state index is 15.3. The van der Waals surface area contributed by atoms with Crippen LogP contribution >= 0.6 is 0 Å². The Morgan fingerprint density at radius 3 is 2.38 bits per heavy atom. The molecule has 0 atom stereocenters. The minimum absolute atomic E-state index is 0.0578. The molecule has 0 N–H and O–H groups in total. The fourth-order valence-corrected chi connectivity index (χ4v) is 4.68. The van der Waals surface area contributed by atoms with Gasteiger partial charge in [0.25, 0.3) is 0 Å². The van der Waals surface area contributed by atoms with E-state index >= 15 is 4.39 Å². The van der Waals surface area contributed by atoms with E-state index < -0.39 is 0 Å². The van der Waals surface area contributed by atoms with Crippen LogP contribution in [0.15, 0.2) is 79.4 Å². The normalized spacial score (nSPS) is 18.4. The second-order valence-electron chi connectivity index (χ2n) is 8.81. The Balaban J connectivity index is 1.49. The monoisotopic (exact) mass is 422 g/mol. The van der Waals surface area contributed by atoms with E-state index in [1.54, 1.807) is 0 Å². The molecule has 1 aliphatic carbocycles. The molecule has 0 heterocycles. The quantitative estimate of drug-likeness (QED) is 0.286. The van der Waals surface area contributed by atoms with Gasteiger partial charge in [-0.1, -0.05) is 60.4 Å². The molecule has 4 rings (SSSR count). The van der Waals surface area contributed by atoms with Crippen LogP contribution in [0.1, 0.15) is 67.2 Å². The summed E-state index contributed by atoms with van der Waals surface area (Å²) in [6.45, 7) is 5.96. The average Bonchev–Trinajstić information content (AvgIpc) is 2.84. The van der Waals surface area contributed by atoms with Gasteiger partial charge in [0.1, 0.15) is 5.82 Å². The summed E-state index contributed by atoms with van der Waals surface area (Å²) >= 11 is 0. The van der Waals surface area contributed by atoms with Crippen molar-refractivity contribution in [2.24, 2.45) is 5.92 Å². The van der Waals surface area contributed by atoms with Gasteiger partial charge in [-0.15, -0.1) is 6.58 Å². The van der Waals surface area contributed by atoms with Gasteiger partial charge in [0.15, 0.2) is 0 Å². The molecule has 0 aliphatic heterocycles. The molecule has 32 heavy (non-hydrogen) atoms. The molecule has 0 spiro atoms. The Morgan fingerprint density at radius 2 is 1.66 bits per heavy atom. The van der Waals surface area contributed by atoms with Crippen molar-refractivity contribution in [2.45, 2.75) is 51.4 Å². The van der Waals surface area contributed by atoms with Crippen LogP contribution in [0.25, 0.3) is 10.8 Å². The summed E-state index contributed by atoms with van der Waals surface area (Å²) in [5.41, 5.74) is 4.10. The molecule has 0 unspecified atom stereocenters. The molecule has 0 amide bonds. The lowest BCUT2D eigenvalue weighted by atomic mass is 9.78. The van der Waals surface area contributed by atoms with Crippen LogP contribution in [-0.4, -0.2) is 0 Å². The van der Waals surface area contributed by atoms with E-state index in [4.69, 9.17) is 0 Å². The number of fused-ring (bicyclic) bond motifs is 1. The highest BCUT2D eigenvalue weighted by atomic mass is 19.1. The molecular weight excluding hydrogens is 391 g/mol. The van der Waals surface area contributed by atoms with Crippen molar-refractivity contribution >= 4 is 10.8 Å². The fraction of sp³-hybridized carbons (Fsp3) is 0.290. The predicted octanol–water partition coefficient (Wildman–Crippen LogP) is 8.35. The first-order valence-corrected chi connectivity index (χ1v) is 11.7. The summed E-state index contributed by atoms with van der Waals surface area (Å²) in [7, 11) is 0. The van der Waals surface area contributed by atoms with Crippen molar-refractivity contribution in [2.75, 3.05) is 0 Å². The molecule has 0 saturated heterocycles. The Bertz CT molecular complexity index is 1160. The first-order chi connectivity index (χ1) is 15.7. The molecule has 0 bridgehead atoms. The highest BCUT2D eigenvalue weighted by Gasteiger charge is 2.23. The highest BCUT2D eigenvalue weighted by Crippen LogP contribution is 2.38. The lowest BCUT2D eigenvalue weighted by molar-refractivity contribution is 0.369. The van der Waals surface area contributed by atoms with E-state index in [2.05, 4.69) is 67.0 Å². The number of allylic oxidation sites excluding steroid dienone is 3. The van der Waals surface area contributed by atoms with Crippen molar-refractivity contribution < 1.29 is 4.39 Å². The number of halogens is 1. The maximum absolute atomic E-state index is 15.3. The molecule has 3 aromatic rings. The summed E-state index contributed by atoms with van der Waals surface area (Å²) in [6, 6.07) is 18.3. The van der Waals surface area contributed by atoms with Gasteiger partial charge >= 0.3 is 0 Å². The largest absolute Gasteiger partial charge is 0.206 e. The van der Waals surface area contributed by atoms with Crippen LogP contribution in [-0.2, 0) is 6.42 Å². The van der Waals surface area contributed by atoms with Gasteiger partial charge in [0.05, 0.1) is 0 Å². The van der Waals surface area contributed by atoms with Gasteiger partial charge in [-0.3, -0.25) is 0 Å². The van der Waals surface area contributed by atoms with Gasteiger partial charge in [0, 0.05) is 16.5 Å². The predicted molar refractivity (Wildman–Crippen MR) is 134 cm³/mol. The average molecular weight is 423 g/mol. The van der Waals surface area contributed by atoms with Crippen LogP contribution in [0.4, 0.5) is 4.39 Å². The first-order valence-electron chi connectivity index (χ1n) is 11.7. The van der Waals surface area contributed by atoms with E-state index in [1.165, 1.54) is 5.56 Å². The molecule has 0 nitrogen and oxygen atoms in total. The second-order valence-corrected chi connectivity index (χ2v) is 8.81. The van der Waals surface area contributed by atoms with E-state index in [-0.39, 0.29) is 5.82 Å². The van der Waals surface area contributed by atoms with Gasteiger partial charge in [-0.2, -0.15) is 0 Å². The maximum Gasteiger partial charge on any atom is 0.134 e. The number of benzene rings is 3. The van der Waals surface area contributed by atoms with Crippen molar-refractivity contribution in [3.63, 3.8) is 0 Å². The summed E-state index contributed by atoms with van der Waals surface area (Å²) in [5, 5.41) is 1.61. The van der Waals surface area contributed by atoms with Crippen molar-refractivity contribution in [3.8, 4) is 11.8 Å². The standard InChI is InChI=1S/C31H31F/c1-3-5-6-7-24-8-10-25(11-9-24)12-13-26-16-20-30-28(22-26)19-21-29(31(30)32)27-17-14-23(4-2)15-18-27/h3-5,8-11,16,19-23,27H,2,6-7,14-15,17-18H2,1H3/b5-3+. The molecule has 162 valence electrons. The number of aryl methyl sites for hydroxylation is 1. The highest BCUT2D eigenvalue weighted by molar-refractivity contribution is 5.85. The van der Waals surface area contributed by atoms with Gasteiger partial charge in [-0.05, 0) is 98.1 Å². The third-order valence-corrected chi connectivity index (χ3v) is 6.67. The van der Waals surface area contributed by atoms with Crippen molar-refractivity contribution in [1.82, 2.24) is 0 Å². The van der Waals surface area contributed by atoms with E-state index in [0.29, 0.717) is 17.2 Å². The molecule has 1 heteroatoms. The number of hydrogen-bond acceptors (Lipinski definition) is 0. The zero-order valence-electron chi connectivity index (χ0n) is 18.9. The molecule has 1 saturated carbocycles. The SMILES string of the molecule is C=CC1CCC(c2ccc3cc(C#Cc4ccc(CC/C=C/C)cc4)ccc3c2F)CC1. The second kappa shape index (κ2) is 10.5. The number of rotatable bonds is 5. The summed E-state index contributed by atoms with van der Waals surface area (Å²) in [5.74, 6) is 7.33. The van der Waals surface area contributed by atoms with Crippen LogP contribution in [0.3, 0.4) is 0 Å². The molecule has 3 aromatic carbocycles. The Labute approximate surface area is 191 Å². The Kier molecular flexibility index (Phi) is 7.23. The molecule has 0 radical (unpaired) electrons. The minimum Gasteiger partial charge on any atom is -0.206 e. The summed E-state index contributed by atoms with van der Waals surface area (Å²) in [4.78, 5) is 0.